The number of anilines is 2. The Hall–Kier alpha value is -3.03. The lowest BCUT2D eigenvalue weighted by atomic mass is 10.1. The van der Waals surface area contributed by atoms with Crippen molar-refractivity contribution in [3.63, 3.8) is 0 Å². The van der Waals surface area contributed by atoms with E-state index in [0.717, 1.165) is 58.9 Å². The van der Waals surface area contributed by atoms with Gasteiger partial charge in [-0.2, -0.15) is 8.78 Å². The van der Waals surface area contributed by atoms with Gasteiger partial charge in [0.1, 0.15) is 11.3 Å². The van der Waals surface area contributed by atoms with Gasteiger partial charge in [-0.3, -0.25) is 9.20 Å². The highest BCUT2D eigenvalue weighted by Crippen LogP contribution is 2.35. The number of alkyl halides is 2. The van der Waals surface area contributed by atoms with Crippen LogP contribution in [0.1, 0.15) is 34.2 Å². The minimum absolute atomic E-state index is 0.00132. The van der Waals surface area contributed by atoms with Gasteiger partial charge in [-0.05, 0) is 64.3 Å². The van der Waals surface area contributed by atoms with Crippen LogP contribution in [0.3, 0.4) is 0 Å². The number of hydrogen-bond donors (Lipinski definition) is 1. The molecule has 1 N–H and O–H groups in total. The lowest BCUT2D eigenvalue weighted by molar-refractivity contribution is 0.0943. The van der Waals surface area contributed by atoms with E-state index in [-0.39, 0.29) is 11.5 Å². The molecule has 0 aliphatic carbocycles. The van der Waals surface area contributed by atoms with Crippen molar-refractivity contribution in [2.45, 2.75) is 25.6 Å². The van der Waals surface area contributed by atoms with E-state index in [1.807, 2.05) is 41.8 Å². The number of aromatic nitrogens is 2. The molecule has 5 rings (SSSR count). The summed E-state index contributed by atoms with van der Waals surface area (Å²) in [4.78, 5) is 22.2. The number of piperazine rings is 1. The Morgan fingerprint density at radius 2 is 1.55 bits per heavy atom. The summed E-state index contributed by atoms with van der Waals surface area (Å²) in [5.74, 6) is -0.151. The van der Waals surface area contributed by atoms with Crippen molar-refractivity contribution >= 4 is 48.1 Å². The molecule has 10 heteroatoms. The first-order valence-corrected chi connectivity index (χ1v) is 13.9. The van der Waals surface area contributed by atoms with Gasteiger partial charge in [0, 0.05) is 60.3 Å². The molecule has 0 bridgehead atoms. The van der Waals surface area contributed by atoms with Crippen LogP contribution in [0.5, 0.6) is 0 Å². The molecule has 2 aromatic heterocycles. The van der Waals surface area contributed by atoms with Gasteiger partial charge in [-0.1, -0.05) is 40.4 Å². The molecule has 38 heavy (non-hydrogen) atoms. The standard InChI is InChI=1S/C28H29BrF2N5OP/c1-2-24-26(36-18-21(29)7-12-25(36)33-24)27(37)32-17-19-3-8-22(9-4-19)34-13-15-35(16-14-34)23-10-5-20(6-11-23)28(30,31)38/h3-12,18H,2,13-17,38H2,1H3,(H,32,37). The molecule has 4 aromatic rings. The molecule has 0 spiro atoms. The van der Waals surface area contributed by atoms with E-state index >= 15 is 0 Å². The number of carbonyl (C=O) groups excluding carboxylic acids is 1. The highest BCUT2D eigenvalue weighted by Gasteiger charge is 2.25. The SMILES string of the molecule is CCc1nc2ccc(Br)cn2c1C(=O)NCc1ccc(N2CCN(c3ccc(C(F)(F)P)cc3)CC2)cc1. The van der Waals surface area contributed by atoms with Gasteiger partial charge in [0.05, 0.1) is 5.69 Å². The second-order valence-corrected chi connectivity index (χ2v) is 11.0. The summed E-state index contributed by atoms with van der Waals surface area (Å²) in [6.45, 7) is 5.70. The molecule has 1 amide bonds. The topological polar surface area (TPSA) is 52.9 Å². The van der Waals surface area contributed by atoms with Gasteiger partial charge in [-0.25, -0.2) is 4.98 Å². The predicted molar refractivity (Wildman–Crippen MR) is 154 cm³/mol. The van der Waals surface area contributed by atoms with Gasteiger partial charge >= 0.3 is 0 Å². The Morgan fingerprint density at radius 1 is 0.974 bits per heavy atom. The molecule has 1 saturated heterocycles. The molecule has 3 heterocycles. The zero-order valence-electron chi connectivity index (χ0n) is 21.0. The van der Waals surface area contributed by atoms with Crippen LogP contribution < -0.4 is 15.1 Å². The Bertz CT molecular complexity index is 1430. The van der Waals surface area contributed by atoms with Crippen molar-refractivity contribution in [1.29, 1.82) is 0 Å². The van der Waals surface area contributed by atoms with E-state index in [4.69, 9.17) is 0 Å². The third kappa shape index (κ3) is 5.69. The molecule has 1 atom stereocenters. The van der Waals surface area contributed by atoms with Crippen molar-refractivity contribution in [2.24, 2.45) is 0 Å². The smallest absolute Gasteiger partial charge is 0.283 e. The van der Waals surface area contributed by atoms with Gasteiger partial charge in [0.15, 0.2) is 0 Å². The summed E-state index contributed by atoms with van der Waals surface area (Å²) < 4.78 is 29.6. The van der Waals surface area contributed by atoms with Crippen LogP contribution in [0.25, 0.3) is 5.65 Å². The van der Waals surface area contributed by atoms with E-state index in [0.29, 0.717) is 18.7 Å². The van der Waals surface area contributed by atoms with E-state index < -0.39 is 5.66 Å². The van der Waals surface area contributed by atoms with Crippen LogP contribution in [0.2, 0.25) is 0 Å². The molecule has 2 aromatic carbocycles. The lowest BCUT2D eigenvalue weighted by Crippen LogP contribution is -2.46. The number of aryl methyl sites for hydroxylation is 1. The molecule has 198 valence electrons. The quantitative estimate of drug-likeness (QED) is 0.271. The molecule has 6 nitrogen and oxygen atoms in total. The third-order valence-electron chi connectivity index (χ3n) is 6.86. The maximum Gasteiger partial charge on any atom is 0.283 e. The molecule has 1 fully saturated rings. The van der Waals surface area contributed by atoms with Crippen LogP contribution >= 0.6 is 25.2 Å². The summed E-state index contributed by atoms with van der Waals surface area (Å²) in [6.07, 6.45) is 2.53. The lowest BCUT2D eigenvalue weighted by Gasteiger charge is -2.37. The van der Waals surface area contributed by atoms with Crippen LogP contribution in [0.15, 0.2) is 71.3 Å². The van der Waals surface area contributed by atoms with E-state index in [1.54, 1.807) is 21.4 Å². The Morgan fingerprint density at radius 3 is 2.11 bits per heavy atom. The van der Waals surface area contributed by atoms with Gasteiger partial charge in [-0.15, -0.1) is 0 Å². The van der Waals surface area contributed by atoms with Crippen LogP contribution in [-0.2, 0) is 18.6 Å². The first-order valence-electron chi connectivity index (χ1n) is 12.5. The maximum atomic E-state index is 13.5. The van der Waals surface area contributed by atoms with Crippen molar-refractivity contribution in [3.05, 3.63) is 93.8 Å². The number of amides is 1. The normalized spacial score (nSPS) is 14.2. The van der Waals surface area contributed by atoms with Crippen molar-refractivity contribution in [3.8, 4) is 0 Å². The third-order valence-corrected chi connectivity index (χ3v) is 7.66. The van der Waals surface area contributed by atoms with Crippen molar-refractivity contribution in [2.75, 3.05) is 36.0 Å². The number of carbonyl (C=O) groups is 1. The van der Waals surface area contributed by atoms with Gasteiger partial charge < -0.3 is 15.1 Å². The number of fused-ring (bicyclic) bond motifs is 1. The number of hydrogen-bond acceptors (Lipinski definition) is 4. The minimum Gasteiger partial charge on any atom is -0.368 e. The highest BCUT2D eigenvalue weighted by atomic mass is 79.9. The number of rotatable bonds is 7. The van der Waals surface area contributed by atoms with E-state index in [2.05, 4.69) is 48.2 Å². The average Bonchev–Trinajstić information content (AvgIpc) is 3.29. The predicted octanol–water partition coefficient (Wildman–Crippen LogP) is 5.84. The molecular formula is C28H29BrF2N5OP. The second-order valence-electron chi connectivity index (χ2n) is 9.33. The van der Waals surface area contributed by atoms with E-state index in [1.165, 1.54) is 12.1 Å². The Labute approximate surface area is 231 Å². The average molecular weight is 600 g/mol. The number of nitrogens with one attached hydrogen (secondary N) is 1. The number of halogens is 3. The molecular weight excluding hydrogens is 571 g/mol. The largest absolute Gasteiger partial charge is 0.368 e. The summed E-state index contributed by atoms with van der Waals surface area (Å²) in [5, 5.41) is 3.04. The molecule has 1 unspecified atom stereocenters. The fourth-order valence-corrected chi connectivity index (χ4v) is 5.29. The summed E-state index contributed by atoms with van der Waals surface area (Å²) in [7, 11) is 1.58. The summed E-state index contributed by atoms with van der Waals surface area (Å²) >= 11 is 3.47. The molecule has 1 aliphatic heterocycles. The number of nitrogens with zero attached hydrogens (tertiary/aromatic N) is 4. The van der Waals surface area contributed by atoms with Gasteiger partial charge in [0.2, 0.25) is 0 Å². The monoisotopic (exact) mass is 599 g/mol. The summed E-state index contributed by atoms with van der Waals surface area (Å²) in [5.41, 5.74) is 2.27. The Balaban J connectivity index is 1.17. The fraction of sp³-hybridized carbons (Fsp3) is 0.286. The fourth-order valence-electron chi connectivity index (χ4n) is 4.76. The first-order chi connectivity index (χ1) is 18.2. The zero-order valence-corrected chi connectivity index (χ0v) is 23.7. The first kappa shape index (κ1) is 26.6. The zero-order chi connectivity index (χ0) is 26.9. The Kier molecular flexibility index (Phi) is 7.68. The van der Waals surface area contributed by atoms with Crippen molar-refractivity contribution in [1.82, 2.24) is 14.7 Å². The van der Waals surface area contributed by atoms with Crippen LogP contribution in [0, 0.1) is 0 Å². The minimum atomic E-state index is -2.91. The highest BCUT2D eigenvalue weighted by molar-refractivity contribution is 9.10. The van der Waals surface area contributed by atoms with E-state index in [9.17, 15) is 13.6 Å². The molecule has 0 saturated carbocycles. The number of imidazole rings is 1. The van der Waals surface area contributed by atoms with Crippen molar-refractivity contribution < 1.29 is 13.6 Å². The van der Waals surface area contributed by atoms with Crippen LogP contribution in [-0.4, -0.2) is 41.5 Å². The van der Waals surface area contributed by atoms with Crippen LogP contribution in [0.4, 0.5) is 20.2 Å². The van der Waals surface area contributed by atoms with Gasteiger partial charge in [0.25, 0.3) is 11.6 Å². The number of pyridine rings is 1. The second kappa shape index (κ2) is 11.0. The number of benzene rings is 2. The maximum absolute atomic E-state index is 13.5. The molecule has 1 aliphatic rings. The molecule has 0 radical (unpaired) electrons. The summed E-state index contributed by atoms with van der Waals surface area (Å²) in [6, 6.07) is 18.5.